The molecule has 1 aromatic rings. The van der Waals surface area contributed by atoms with E-state index in [1.54, 1.807) is 30.1 Å². The molecule has 1 aliphatic heterocycles. The van der Waals surface area contributed by atoms with E-state index in [9.17, 15) is 4.79 Å². The fourth-order valence-electron chi connectivity index (χ4n) is 1.90. The van der Waals surface area contributed by atoms with Crippen LogP contribution in [0, 0.1) is 0 Å². The second-order valence-corrected chi connectivity index (χ2v) is 4.48. The highest BCUT2D eigenvalue weighted by atomic mass is 35.5. The Morgan fingerprint density at radius 3 is 2.94 bits per heavy atom. The summed E-state index contributed by atoms with van der Waals surface area (Å²) in [6.45, 7) is 1.02. The first kappa shape index (κ1) is 12.2. The van der Waals surface area contributed by atoms with Crippen molar-refractivity contribution in [3.05, 3.63) is 28.8 Å². The second-order valence-electron chi connectivity index (χ2n) is 4.08. The zero-order valence-electron chi connectivity index (χ0n) is 9.65. The van der Waals surface area contributed by atoms with Crippen molar-refractivity contribution in [2.45, 2.75) is 19.1 Å². The van der Waals surface area contributed by atoms with Crippen LogP contribution in [0.25, 0.3) is 0 Å². The lowest BCUT2D eigenvalue weighted by Gasteiger charge is -2.16. The molecule has 0 spiro atoms. The van der Waals surface area contributed by atoms with Gasteiger partial charge in [-0.1, -0.05) is 17.7 Å². The highest BCUT2D eigenvalue weighted by Gasteiger charge is 2.31. The Morgan fingerprint density at radius 1 is 1.59 bits per heavy atom. The zero-order chi connectivity index (χ0) is 12.4. The van der Waals surface area contributed by atoms with Gasteiger partial charge in [0.2, 0.25) is 0 Å². The quantitative estimate of drug-likeness (QED) is 0.887. The fraction of sp³-hybridized carbons (Fsp3) is 0.417. The van der Waals surface area contributed by atoms with E-state index in [1.807, 2.05) is 0 Å². The molecule has 1 aliphatic rings. The van der Waals surface area contributed by atoms with E-state index in [0.29, 0.717) is 23.7 Å². The van der Waals surface area contributed by atoms with Crippen molar-refractivity contribution in [3.8, 4) is 5.75 Å². The third-order valence-corrected chi connectivity index (χ3v) is 3.28. The molecular formula is C12H15ClN2O2. The van der Waals surface area contributed by atoms with Crippen LogP contribution < -0.4 is 10.5 Å². The summed E-state index contributed by atoms with van der Waals surface area (Å²) < 4.78 is 5.71. The molecule has 1 atom stereocenters. The highest BCUT2D eigenvalue weighted by Crippen LogP contribution is 2.28. The van der Waals surface area contributed by atoms with Crippen LogP contribution in [-0.4, -0.2) is 30.5 Å². The van der Waals surface area contributed by atoms with Crippen molar-refractivity contribution in [1.82, 2.24) is 4.90 Å². The number of likely N-dealkylation sites (N-methyl/N-ethyl adjacent to an activating group) is 1. The molecule has 0 bridgehead atoms. The smallest absolute Gasteiger partial charge is 0.263 e. The maximum atomic E-state index is 11.7. The van der Waals surface area contributed by atoms with E-state index in [-0.39, 0.29) is 5.91 Å². The lowest BCUT2D eigenvalue weighted by atomic mass is 10.2. The minimum Gasteiger partial charge on any atom is -0.480 e. The van der Waals surface area contributed by atoms with Crippen LogP contribution in [0.3, 0.4) is 0 Å². The van der Waals surface area contributed by atoms with Crippen LogP contribution >= 0.6 is 11.6 Å². The lowest BCUT2D eigenvalue weighted by molar-refractivity contribution is -0.132. The third-order valence-electron chi connectivity index (χ3n) is 2.93. The number of hydrogen-bond donors (Lipinski definition) is 1. The maximum absolute atomic E-state index is 11.7. The molecule has 1 heterocycles. The van der Waals surface area contributed by atoms with Crippen molar-refractivity contribution in [2.75, 3.05) is 13.6 Å². The summed E-state index contributed by atoms with van der Waals surface area (Å²) >= 11 is 6.02. The number of nitrogens with zero attached hydrogens (tertiary/aromatic N) is 1. The third kappa shape index (κ3) is 2.37. The van der Waals surface area contributed by atoms with E-state index in [2.05, 4.69) is 0 Å². The van der Waals surface area contributed by atoms with Crippen LogP contribution in [0.5, 0.6) is 5.75 Å². The summed E-state index contributed by atoms with van der Waals surface area (Å²) in [7, 11) is 1.77. The van der Waals surface area contributed by atoms with Crippen molar-refractivity contribution >= 4 is 17.5 Å². The van der Waals surface area contributed by atoms with Gasteiger partial charge in [0.1, 0.15) is 5.75 Å². The van der Waals surface area contributed by atoms with Gasteiger partial charge in [-0.05, 0) is 12.1 Å². The van der Waals surface area contributed by atoms with Gasteiger partial charge in [0, 0.05) is 37.1 Å². The Morgan fingerprint density at radius 2 is 2.35 bits per heavy atom. The second kappa shape index (κ2) is 4.94. The average Bonchev–Trinajstić information content (AvgIpc) is 2.61. The number of ether oxygens (including phenoxy) is 1. The van der Waals surface area contributed by atoms with Gasteiger partial charge in [-0.3, -0.25) is 4.79 Å². The highest BCUT2D eigenvalue weighted by molar-refractivity contribution is 6.31. The molecule has 0 aromatic heterocycles. The predicted octanol–water partition coefficient (Wildman–Crippen LogP) is 1.41. The van der Waals surface area contributed by atoms with Crippen molar-refractivity contribution in [2.24, 2.45) is 5.73 Å². The van der Waals surface area contributed by atoms with E-state index >= 15 is 0 Å². The molecule has 1 fully saturated rings. The van der Waals surface area contributed by atoms with Crippen LogP contribution in [0.1, 0.15) is 12.0 Å². The van der Waals surface area contributed by atoms with Crippen LogP contribution in [-0.2, 0) is 11.3 Å². The topological polar surface area (TPSA) is 55.6 Å². The first-order valence-corrected chi connectivity index (χ1v) is 5.90. The lowest BCUT2D eigenvalue weighted by Crippen LogP contribution is -2.29. The Balaban J connectivity index is 2.19. The molecule has 2 N–H and O–H groups in total. The molecular weight excluding hydrogens is 240 g/mol. The van der Waals surface area contributed by atoms with Gasteiger partial charge in [-0.2, -0.15) is 0 Å². The van der Waals surface area contributed by atoms with E-state index in [4.69, 9.17) is 22.1 Å². The molecule has 1 saturated heterocycles. The summed E-state index contributed by atoms with van der Waals surface area (Å²) in [5.74, 6) is 0.613. The number of carbonyl (C=O) groups excluding carboxylic acids is 1. The van der Waals surface area contributed by atoms with Crippen molar-refractivity contribution in [3.63, 3.8) is 0 Å². The molecule has 0 aliphatic carbocycles. The van der Waals surface area contributed by atoms with Gasteiger partial charge in [-0.15, -0.1) is 0 Å². The first-order chi connectivity index (χ1) is 8.13. The molecule has 92 valence electrons. The normalized spacial score (nSPS) is 19.8. The maximum Gasteiger partial charge on any atom is 0.263 e. The predicted molar refractivity (Wildman–Crippen MR) is 66.0 cm³/mol. The number of benzene rings is 1. The van der Waals surface area contributed by atoms with Crippen LogP contribution in [0.4, 0.5) is 0 Å². The SMILES string of the molecule is CN1CCC(Oc2cccc(Cl)c2CN)C1=O. The van der Waals surface area contributed by atoms with Crippen molar-refractivity contribution in [1.29, 1.82) is 0 Å². The van der Waals surface area contributed by atoms with Gasteiger partial charge in [0.25, 0.3) is 5.91 Å². The fourth-order valence-corrected chi connectivity index (χ4v) is 2.14. The minimum atomic E-state index is -0.413. The Hall–Kier alpha value is -1.26. The molecule has 1 amide bonds. The monoisotopic (exact) mass is 254 g/mol. The van der Waals surface area contributed by atoms with Crippen LogP contribution in [0.2, 0.25) is 5.02 Å². The minimum absolute atomic E-state index is 0.00736. The van der Waals surface area contributed by atoms with E-state index in [1.165, 1.54) is 0 Å². The number of carbonyl (C=O) groups is 1. The summed E-state index contributed by atoms with van der Waals surface area (Å²) in [5.41, 5.74) is 6.37. The number of halogens is 1. The first-order valence-electron chi connectivity index (χ1n) is 5.52. The van der Waals surface area contributed by atoms with E-state index in [0.717, 1.165) is 12.1 Å². The molecule has 0 radical (unpaired) electrons. The number of hydrogen-bond acceptors (Lipinski definition) is 3. The zero-order valence-corrected chi connectivity index (χ0v) is 10.4. The molecule has 4 nitrogen and oxygen atoms in total. The Labute approximate surface area is 105 Å². The molecule has 1 unspecified atom stereocenters. The van der Waals surface area contributed by atoms with Crippen molar-refractivity contribution < 1.29 is 9.53 Å². The van der Waals surface area contributed by atoms with Gasteiger partial charge >= 0.3 is 0 Å². The number of likely N-dealkylation sites (tertiary alicyclic amines) is 1. The van der Waals surface area contributed by atoms with E-state index < -0.39 is 6.10 Å². The van der Waals surface area contributed by atoms with Gasteiger partial charge in [-0.25, -0.2) is 0 Å². The van der Waals surface area contributed by atoms with Gasteiger partial charge < -0.3 is 15.4 Å². The van der Waals surface area contributed by atoms with Gasteiger partial charge in [0.05, 0.1) is 0 Å². The Bertz CT molecular complexity index is 437. The number of rotatable bonds is 3. The largest absolute Gasteiger partial charge is 0.480 e. The Kier molecular flexibility index (Phi) is 3.54. The van der Waals surface area contributed by atoms with Gasteiger partial charge in [0.15, 0.2) is 6.10 Å². The van der Waals surface area contributed by atoms with Crippen LogP contribution in [0.15, 0.2) is 18.2 Å². The standard InChI is InChI=1S/C12H15ClN2O2/c1-15-6-5-11(12(15)16)17-10-4-2-3-9(13)8(10)7-14/h2-4,11H,5-7,14H2,1H3. The molecule has 2 rings (SSSR count). The number of nitrogens with two attached hydrogens (primary N) is 1. The number of amides is 1. The molecule has 5 heteroatoms. The average molecular weight is 255 g/mol. The summed E-state index contributed by atoms with van der Waals surface area (Å²) in [4.78, 5) is 13.4. The summed E-state index contributed by atoms with van der Waals surface area (Å²) in [6.07, 6.45) is 0.287. The molecule has 1 aromatic carbocycles. The molecule has 0 saturated carbocycles. The molecule has 17 heavy (non-hydrogen) atoms. The summed E-state index contributed by atoms with van der Waals surface area (Å²) in [5, 5.41) is 0.573. The summed E-state index contributed by atoms with van der Waals surface area (Å²) in [6, 6.07) is 5.35.